The van der Waals surface area contributed by atoms with Crippen molar-refractivity contribution in [3.05, 3.63) is 64.8 Å². The molecule has 0 spiro atoms. The van der Waals surface area contributed by atoms with Crippen LogP contribution >= 0.6 is 11.3 Å². The number of rotatable bonds is 6. The van der Waals surface area contributed by atoms with Gasteiger partial charge in [-0.15, -0.1) is 11.3 Å². The van der Waals surface area contributed by atoms with E-state index in [9.17, 15) is 10.0 Å². The second kappa shape index (κ2) is 8.72. The Balaban J connectivity index is 1.44. The Kier molecular flexibility index (Phi) is 5.88. The third-order valence-corrected chi connectivity index (χ3v) is 5.79. The number of anilines is 2. The smallest absolute Gasteiger partial charge is 0.423 e. The van der Waals surface area contributed by atoms with E-state index >= 15 is 0 Å². The molecule has 146 valence electrons. The Morgan fingerprint density at radius 2 is 2.10 bits per heavy atom. The molecular formula is C20H20BN5O2S. The van der Waals surface area contributed by atoms with Crippen LogP contribution in [0.4, 0.5) is 10.9 Å². The fourth-order valence-corrected chi connectivity index (χ4v) is 4.32. The molecule has 4 rings (SSSR count). The van der Waals surface area contributed by atoms with Crippen molar-refractivity contribution in [1.82, 2.24) is 14.9 Å². The summed E-state index contributed by atoms with van der Waals surface area (Å²) in [5.41, 5.74) is 3.22. The van der Waals surface area contributed by atoms with Crippen LogP contribution in [-0.2, 0) is 6.54 Å². The number of hydrogen-bond donors (Lipinski definition) is 3. The van der Waals surface area contributed by atoms with Crippen molar-refractivity contribution in [1.29, 1.82) is 5.26 Å². The van der Waals surface area contributed by atoms with Gasteiger partial charge in [-0.3, -0.25) is 4.90 Å². The van der Waals surface area contributed by atoms with Crippen LogP contribution in [0.25, 0.3) is 0 Å². The first kappa shape index (κ1) is 19.5. The summed E-state index contributed by atoms with van der Waals surface area (Å²) in [4.78, 5) is 11.4. The minimum absolute atomic E-state index is 0.253. The lowest BCUT2D eigenvalue weighted by molar-refractivity contribution is 0.245. The number of hydrogen-bond acceptors (Lipinski definition) is 8. The maximum Gasteiger partial charge on any atom is 0.488 e. The van der Waals surface area contributed by atoms with Crippen LogP contribution in [0, 0.1) is 11.3 Å². The number of nitrogens with zero attached hydrogens (tertiary/aromatic N) is 4. The van der Waals surface area contributed by atoms with Crippen LogP contribution in [0.3, 0.4) is 0 Å². The van der Waals surface area contributed by atoms with Crippen LogP contribution in [0.5, 0.6) is 0 Å². The average molecular weight is 405 g/mol. The van der Waals surface area contributed by atoms with Gasteiger partial charge in [0.15, 0.2) is 5.13 Å². The van der Waals surface area contributed by atoms with Crippen LogP contribution in [0.1, 0.15) is 35.7 Å². The summed E-state index contributed by atoms with van der Waals surface area (Å²) in [5, 5.41) is 33.5. The van der Waals surface area contributed by atoms with E-state index in [-0.39, 0.29) is 6.04 Å². The van der Waals surface area contributed by atoms with E-state index in [2.05, 4.69) is 26.6 Å². The zero-order chi connectivity index (χ0) is 20.2. The summed E-state index contributed by atoms with van der Waals surface area (Å²) < 4.78 is 0. The van der Waals surface area contributed by atoms with Gasteiger partial charge in [0, 0.05) is 18.1 Å². The zero-order valence-electron chi connectivity index (χ0n) is 15.7. The highest BCUT2D eigenvalue weighted by Crippen LogP contribution is 2.35. The Bertz CT molecular complexity index is 1020. The Morgan fingerprint density at radius 1 is 1.28 bits per heavy atom. The third kappa shape index (κ3) is 4.63. The molecule has 2 aromatic heterocycles. The first-order chi connectivity index (χ1) is 14.1. The number of aromatic nitrogens is 2. The average Bonchev–Trinajstić information content (AvgIpc) is 3.38. The van der Waals surface area contributed by atoms with Gasteiger partial charge in [-0.25, -0.2) is 9.97 Å². The summed E-state index contributed by atoms with van der Waals surface area (Å²) >= 11 is 1.53. The molecule has 1 saturated heterocycles. The normalized spacial score (nSPS) is 16.5. The lowest BCUT2D eigenvalue weighted by Gasteiger charge is -2.23. The molecule has 1 aliphatic heterocycles. The van der Waals surface area contributed by atoms with Crippen LogP contribution < -0.4 is 10.8 Å². The van der Waals surface area contributed by atoms with Crippen molar-refractivity contribution in [3.63, 3.8) is 0 Å². The fraction of sp³-hybridized carbons (Fsp3) is 0.250. The van der Waals surface area contributed by atoms with Gasteiger partial charge in [-0.1, -0.05) is 24.3 Å². The molecule has 0 bridgehead atoms. The zero-order valence-corrected chi connectivity index (χ0v) is 16.5. The summed E-state index contributed by atoms with van der Waals surface area (Å²) in [6.07, 6.45) is 3.78. The minimum atomic E-state index is -1.44. The van der Waals surface area contributed by atoms with E-state index in [1.54, 1.807) is 30.5 Å². The summed E-state index contributed by atoms with van der Waals surface area (Å²) in [5.74, 6) is 0.611. The van der Waals surface area contributed by atoms with Gasteiger partial charge < -0.3 is 15.4 Å². The number of thiazole rings is 1. The number of likely N-dealkylation sites (tertiary alicyclic amines) is 1. The molecule has 29 heavy (non-hydrogen) atoms. The maximum atomic E-state index is 9.24. The molecule has 3 N–H and O–H groups in total. The van der Waals surface area contributed by atoms with Crippen molar-refractivity contribution in [3.8, 4) is 6.07 Å². The molecular weight excluding hydrogens is 385 g/mol. The van der Waals surface area contributed by atoms with Gasteiger partial charge in [0.1, 0.15) is 5.82 Å². The van der Waals surface area contributed by atoms with Gasteiger partial charge >= 0.3 is 7.12 Å². The van der Waals surface area contributed by atoms with Crippen LogP contribution in [0.15, 0.2) is 48.0 Å². The van der Waals surface area contributed by atoms with E-state index in [0.717, 1.165) is 42.3 Å². The predicted molar refractivity (Wildman–Crippen MR) is 113 cm³/mol. The molecule has 1 atom stereocenters. The topological polar surface area (TPSA) is 105 Å². The molecule has 3 heterocycles. The Hall–Kier alpha value is -2.77. The molecule has 1 fully saturated rings. The first-order valence-corrected chi connectivity index (χ1v) is 10.3. The van der Waals surface area contributed by atoms with Crippen molar-refractivity contribution in [2.24, 2.45) is 0 Å². The summed E-state index contributed by atoms with van der Waals surface area (Å²) in [7, 11) is -1.44. The highest BCUT2D eigenvalue weighted by atomic mass is 32.1. The second-order valence-corrected chi connectivity index (χ2v) is 7.85. The van der Waals surface area contributed by atoms with Crippen LogP contribution in [0.2, 0.25) is 0 Å². The first-order valence-electron chi connectivity index (χ1n) is 9.40. The standard InChI is InChI=1S/C20H20BN5O2S/c22-11-15-7-8-23-19(10-15)25-20-24-17(13-29-20)18-2-1-9-26(18)12-14-3-5-16(6-4-14)21(27)28/h3-8,10,13,18,27-28H,1-2,9,12H2,(H,23,24,25)/t18-/m0/s1. The molecule has 0 aliphatic carbocycles. The molecule has 9 heteroatoms. The molecule has 1 aromatic carbocycles. The minimum Gasteiger partial charge on any atom is -0.423 e. The Morgan fingerprint density at radius 3 is 2.86 bits per heavy atom. The monoisotopic (exact) mass is 405 g/mol. The quantitative estimate of drug-likeness (QED) is 0.540. The predicted octanol–water partition coefficient (Wildman–Crippen LogP) is 2.17. The highest BCUT2D eigenvalue weighted by Gasteiger charge is 2.28. The molecule has 7 nitrogen and oxygen atoms in total. The lowest BCUT2D eigenvalue weighted by Crippen LogP contribution is -2.30. The summed E-state index contributed by atoms with van der Waals surface area (Å²) in [6.45, 7) is 1.79. The maximum absolute atomic E-state index is 9.24. The highest BCUT2D eigenvalue weighted by molar-refractivity contribution is 7.13. The molecule has 3 aromatic rings. The van der Waals surface area contributed by atoms with E-state index in [0.29, 0.717) is 16.8 Å². The largest absolute Gasteiger partial charge is 0.488 e. The van der Waals surface area contributed by atoms with Crippen molar-refractivity contribution >= 4 is 34.9 Å². The number of nitrogens with one attached hydrogen (secondary N) is 1. The van der Waals surface area contributed by atoms with Crippen molar-refractivity contribution < 1.29 is 10.0 Å². The van der Waals surface area contributed by atoms with Gasteiger partial charge in [0.2, 0.25) is 0 Å². The van der Waals surface area contributed by atoms with E-state index in [4.69, 9.17) is 10.2 Å². The van der Waals surface area contributed by atoms with Crippen molar-refractivity contribution in [2.45, 2.75) is 25.4 Å². The number of nitriles is 1. The summed E-state index contributed by atoms with van der Waals surface area (Å²) in [6, 6.07) is 13.1. The molecule has 0 unspecified atom stereocenters. The van der Waals surface area contributed by atoms with Crippen LogP contribution in [-0.4, -0.2) is 38.6 Å². The van der Waals surface area contributed by atoms with Gasteiger partial charge in [0.25, 0.3) is 0 Å². The molecule has 0 saturated carbocycles. The van der Waals surface area contributed by atoms with E-state index in [1.807, 2.05) is 12.1 Å². The van der Waals surface area contributed by atoms with Gasteiger partial charge in [0.05, 0.1) is 23.4 Å². The SMILES string of the molecule is N#Cc1ccnc(Nc2nc([C@@H]3CCCN3Cc3ccc(B(O)O)cc3)cs2)c1. The number of pyridine rings is 1. The van der Waals surface area contributed by atoms with Gasteiger partial charge in [-0.05, 0) is 42.5 Å². The van der Waals surface area contributed by atoms with Gasteiger partial charge in [-0.2, -0.15) is 5.26 Å². The molecule has 0 amide bonds. The Labute approximate surface area is 173 Å². The lowest BCUT2D eigenvalue weighted by atomic mass is 9.80. The number of benzene rings is 1. The fourth-order valence-electron chi connectivity index (χ4n) is 3.55. The van der Waals surface area contributed by atoms with E-state index < -0.39 is 7.12 Å². The molecule has 0 radical (unpaired) electrons. The second-order valence-electron chi connectivity index (χ2n) is 6.99. The molecule has 1 aliphatic rings. The van der Waals surface area contributed by atoms with Crippen molar-refractivity contribution in [2.75, 3.05) is 11.9 Å². The third-order valence-electron chi connectivity index (χ3n) is 5.01. The van der Waals surface area contributed by atoms with E-state index in [1.165, 1.54) is 11.3 Å².